The zero-order valence-corrected chi connectivity index (χ0v) is 13.3. The highest BCUT2D eigenvalue weighted by atomic mass is 32.3. The molecule has 11 heteroatoms. The van der Waals surface area contributed by atoms with E-state index in [1.807, 2.05) is 0 Å². The van der Waals surface area contributed by atoms with Gasteiger partial charge >= 0.3 is 16.4 Å². The number of fused-ring (bicyclic) bond motifs is 2. The van der Waals surface area contributed by atoms with Gasteiger partial charge in [-0.25, -0.2) is 10.2 Å². The largest absolute Gasteiger partial charge is 0.418 e. The van der Waals surface area contributed by atoms with Crippen LogP contribution >= 0.6 is 0 Å². The van der Waals surface area contributed by atoms with Crippen LogP contribution in [0.25, 0.3) is 0 Å². The molecule has 0 aromatic rings. The third-order valence-corrected chi connectivity index (χ3v) is 4.90. The van der Waals surface area contributed by atoms with Crippen LogP contribution in [0.5, 0.6) is 0 Å². The van der Waals surface area contributed by atoms with Gasteiger partial charge in [-0.3, -0.25) is 14.8 Å². The minimum atomic E-state index is -4.77. The summed E-state index contributed by atoms with van der Waals surface area (Å²) in [6.07, 6.45) is 5.09. The van der Waals surface area contributed by atoms with Crippen molar-refractivity contribution in [3.8, 4) is 0 Å². The lowest BCUT2D eigenvalue weighted by Gasteiger charge is -2.29. The van der Waals surface area contributed by atoms with Gasteiger partial charge in [0.05, 0.1) is 6.04 Å². The zero-order chi connectivity index (χ0) is 16.6. The van der Waals surface area contributed by atoms with Gasteiger partial charge < -0.3 is 4.90 Å². The molecule has 1 aliphatic carbocycles. The second-order valence-electron chi connectivity index (χ2n) is 6.12. The van der Waals surface area contributed by atoms with Crippen LogP contribution in [0.15, 0.2) is 0 Å². The van der Waals surface area contributed by atoms with Gasteiger partial charge in [-0.05, 0) is 25.7 Å². The molecule has 0 aromatic heterocycles. The minimum Gasteiger partial charge on any atom is -0.309 e. The molecule has 0 unspecified atom stereocenters. The fraction of sp³-hybridized carbons (Fsp3) is 0.833. The zero-order valence-electron chi connectivity index (χ0n) is 12.5. The van der Waals surface area contributed by atoms with Gasteiger partial charge in [0.25, 0.3) is 5.91 Å². The van der Waals surface area contributed by atoms with E-state index in [-0.39, 0.29) is 18.5 Å². The highest BCUT2D eigenvalue weighted by Gasteiger charge is 2.49. The predicted octanol–water partition coefficient (Wildman–Crippen LogP) is -0.447. The molecule has 3 amide bonds. The maximum Gasteiger partial charge on any atom is 0.418 e. The van der Waals surface area contributed by atoms with Crippen molar-refractivity contribution in [2.45, 2.75) is 56.7 Å². The second-order valence-corrected chi connectivity index (χ2v) is 7.13. The SMILES string of the molecule is O=C(NNC1CCCC1)[C@H]1CC[C@H]2CN1C(=O)N2OS(=O)(=O)O. The van der Waals surface area contributed by atoms with Crippen molar-refractivity contribution in [3.05, 3.63) is 0 Å². The molecule has 2 saturated heterocycles. The molecule has 10 nitrogen and oxygen atoms in total. The van der Waals surface area contributed by atoms with Crippen LogP contribution in [0.2, 0.25) is 0 Å². The molecule has 1 saturated carbocycles. The quantitative estimate of drug-likeness (QED) is 0.453. The van der Waals surface area contributed by atoms with Gasteiger partial charge in [-0.15, -0.1) is 4.28 Å². The van der Waals surface area contributed by atoms with E-state index in [2.05, 4.69) is 15.1 Å². The molecule has 23 heavy (non-hydrogen) atoms. The van der Waals surface area contributed by atoms with Gasteiger partial charge in [0, 0.05) is 12.6 Å². The Hall–Kier alpha value is -1.43. The van der Waals surface area contributed by atoms with Crippen molar-refractivity contribution >= 4 is 22.3 Å². The van der Waals surface area contributed by atoms with E-state index in [9.17, 15) is 18.0 Å². The van der Waals surface area contributed by atoms with E-state index in [1.54, 1.807) is 0 Å². The van der Waals surface area contributed by atoms with Crippen LogP contribution in [-0.4, -0.2) is 59.5 Å². The summed E-state index contributed by atoms with van der Waals surface area (Å²) in [6.45, 7) is 0.190. The predicted molar refractivity (Wildman–Crippen MR) is 76.9 cm³/mol. The third kappa shape index (κ3) is 3.57. The number of hydrogen-bond donors (Lipinski definition) is 3. The Balaban J connectivity index is 1.60. The molecule has 3 aliphatic rings. The van der Waals surface area contributed by atoms with E-state index < -0.39 is 28.5 Å². The average Bonchev–Trinajstić information content (AvgIpc) is 3.08. The van der Waals surface area contributed by atoms with Crippen molar-refractivity contribution < 1.29 is 26.8 Å². The number of urea groups is 1. The molecule has 130 valence electrons. The maximum absolute atomic E-state index is 12.3. The van der Waals surface area contributed by atoms with Crippen LogP contribution in [0.1, 0.15) is 38.5 Å². The van der Waals surface area contributed by atoms with E-state index in [1.165, 1.54) is 4.90 Å². The molecule has 0 radical (unpaired) electrons. The Morgan fingerprint density at radius 1 is 1.22 bits per heavy atom. The maximum atomic E-state index is 12.3. The van der Waals surface area contributed by atoms with Crippen LogP contribution < -0.4 is 10.9 Å². The summed E-state index contributed by atoms with van der Waals surface area (Å²) in [5, 5.41) is 0.632. The summed E-state index contributed by atoms with van der Waals surface area (Å²) in [5.74, 6) is -0.322. The van der Waals surface area contributed by atoms with Gasteiger partial charge in [0.15, 0.2) is 0 Å². The molecule has 3 N–H and O–H groups in total. The van der Waals surface area contributed by atoms with Gasteiger partial charge in [-0.1, -0.05) is 12.8 Å². The van der Waals surface area contributed by atoms with Gasteiger partial charge in [0.1, 0.15) is 6.04 Å². The molecule has 2 bridgehead atoms. The van der Waals surface area contributed by atoms with Crippen molar-refractivity contribution in [1.82, 2.24) is 20.8 Å². The number of nitrogens with one attached hydrogen (secondary N) is 2. The molecular weight excluding hydrogens is 328 g/mol. The molecule has 3 rings (SSSR count). The number of hydrogen-bond acceptors (Lipinski definition) is 6. The van der Waals surface area contributed by atoms with E-state index >= 15 is 0 Å². The number of carbonyl (C=O) groups is 2. The Labute approximate surface area is 134 Å². The number of rotatable bonds is 5. The molecule has 2 atom stereocenters. The summed E-state index contributed by atoms with van der Waals surface area (Å²) in [7, 11) is -4.77. The average molecular weight is 348 g/mol. The lowest BCUT2D eigenvalue weighted by atomic mass is 10.0. The Bertz CT molecular complexity index is 590. The molecular formula is C12H20N4O6S. The third-order valence-electron chi connectivity index (χ3n) is 4.55. The van der Waals surface area contributed by atoms with Gasteiger partial charge in [-0.2, -0.15) is 13.5 Å². The number of piperidine rings is 1. The monoisotopic (exact) mass is 348 g/mol. The summed E-state index contributed by atoms with van der Waals surface area (Å²) >= 11 is 0. The van der Waals surface area contributed by atoms with Crippen LogP contribution in [-0.2, 0) is 19.5 Å². The number of carbonyl (C=O) groups excluding carboxylic acids is 2. The lowest BCUT2D eigenvalue weighted by Crippen LogP contribution is -2.54. The second kappa shape index (κ2) is 6.23. The van der Waals surface area contributed by atoms with Gasteiger partial charge in [0.2, 0.25) is 0 Å². The highest BCUT2D eigenvalue weighted by Crippen LogP contribution is 2.30. The van der Waals surface area contributed by atoms with E-state index in [0.717, 1.165) is 25.7 Å². The Morgan fingerprint density at radius 2 is 1.91 bits per heavy atom. The first-order valence-corrected chi connectivity index (χ1v) is 9.04. The first-order valence-electron chi connectivity index (χ1n) is 7.67. The van der Waals surface area contributed by atoms with Crippen molar-refractivity contribution in [1.29, 1.82) is 0 Å². The lowest BCUT2D eigenvalue weighted by molar-refractivity contribution is -0.127. The van der Waals surface area contributed by atoms with Crippen LogP contribution in [0.4, 0.5) is 4.79 Å². The smallest absolute Gasteiger partial charge is 0.309 e. The minimum absolute atomic E-state index is 0.190. The first-order chi connectivity index (χ1) is 10.8. The number of nitrogens with zero attached hydrogens (tertiary/aromatic N) is 2. The number of hydrazine groups is 1. The summed E-state index contributed by atoms with van der Waals surface area (Å²) in [4.78, 5) is 25.7. The summed E-state index contributed by atoms with van der Waals surface area (Å²) < 4.78 is 34.7. The van der Waals surface area contributed by atoms with Crippen molar-refractivity contribution in [2.24, 2.45) is 0 Å². The summed E-state index contributed by atoms with van der Waals surface area (Å²) in [5.41, 5.74) is 5.63. The fourth-order valence-electron chi connectivity index (χ4n) is 3.43. The standard InChI is InChI=1S/C12H20N4O6S/c17-11(14-13-8-3-1-2-4-8)10-6-5-9-7-15(10)12(18)16(9)22-23(19,20)21/h8-10,13H,1-7H2,(H,14,17)(H,19,20,21)/t9-,10+/m0/s1. The highest BCUT2D eigenvalue weighted by molar-refractivity contribution is 7.80. The van der Waals surface area contributed by atoms with Crippen molar-refractivity contribution in [3.63, 3.8) is 0 Å². The normalized spacial score (nSPS) is 28.5. The number of amides is 3. The van der Waals surface area contributed by atoms with E-state index in [0.29, 0.717) is 17.9 Å². The van der Waals surface area contributed by atoms with Crippen LogP contribution in [0.3, 0.4) is 0 Å². The number of hydroxylamine groups is 2. The van der Waals surface area contributed by atoms with E-state index in [4.69, 9.17) is 4.55 Å². The molecule has 2 heterocycles. The Morgan fingerprint density at radius 3 is 2.57 bits per heavy atom. The fourth-order valence-corrected chi connectivity index (χ4v) is 3.82. The molecule has 2 aliphatic heterocycles. The Kier molecular flexibility index (Phi) is 4.45. The van der Waals surface area contributed by atoms with Crippen LogP contribution in [0, 0.1) is 0 Å². The molecule has 3 fully saturated rings. The summed E-state index contributed by atoms with van der Waals surface area (Å²) in [6, 6.07) is -1.64. The first kappa shape index (κ1) is 16.4. The molecule has 0 spiro atoms. The van der Waals surface area contributed by atoms with Crippen molar-refractivity contribution in [2.75, 3.05) is 6.54 Å². The topological polar surface area (TPSA) is 128 Å². The molecule has 0 aromatic carbocycles.